The molecule has 0 radical (unpaired) electrons. The zero-order chi connectivity index (χ0) is 12.8. The number of pyridine rings is 1. The van der Waals surface area contributed by atoms with Crippen molar-refractivity contribution in [2.75, 3.05) is 0 Å². The highest BCUT2D eigenvalue weighted by atomic mass is 127. The molecular weight excluding hydrogens is 348 g/mol. The van der Waals surface area contributed by atoms with Crippen molar-refractivity contribution in [3.05, 3.63) is 33.8 Å². The molecule has 0 fully saturated rings. The zero-order valence-corrected chi connectivity index (χ0v) is 10.8. The Morgan fingerprint density at radius 3 is 2.59 bits per heavy atom. The van der Waals surface area contributed by atoms with E-state index in [4.69, 9.17) is 0 Å². The van der Waals surface area contributed by atoms with E-state index in [-0.39, 0.29) is 5.56 Å². The van der Waals surface area contributed by atoms with Crippen LogP contribution in [0.25, 0.3) is 5.65 Å². The van der Waals surface area contributed by atoms with E-state index in [1.165, 1.54) is 22.7 Å². The van der Waals surface area contributed by atoms with E-state index in [9.17, 15) is 18.3 Å². The summed E-state index contributed by atoms with van der Waals surface area (Å²) in [6.07, 6.45) is -1.92. The molecule has 3 nitrogen and oxygen atoms in total. The molecule has 1 unspecified atom stereocenters. The van der Waals surface area contributed by atoms with Gasteiger partial charge in [0.2, 0.25) is 0 Å². The lowest BCUT2D eigenvalue weighted by Gasteiger charge is -2.26. The lowest BCUT2D eigenvalue weighted by Crippen LogP contribution is -2.39. The number of imidazole rings is 1. The van der Waals surface area contributed by atoms with Crippen LogP contribution in [0.2, 0.25) is 0 Å². The maximum atomic E-state index is 12.7. The van der Waals surface area contributed by atoms with Crippen LogP contribution < -0.4 is 0 Å². The molecule has 0 aromatic carbocycles. The van der Waals surface area contributed by atoms with Gasteiger partial charge < -0.3 is 5.11 Å². The fourth-order valence-corrected chi connectivity index (χ4v) is 1.93. The van der Waals surface area contributed by atoms with Gasteiger partial charge in [-0.1, -0.05) is 6.07 Å². The van der Waals surface area contributed by atoms with Crippen LogP contribution in [-0.4, -0.2) is 20.7 Å². The van der Waals surface area contributed by atoms with Gasteiger partial charge in [-0.05, 0) is 35.6 Å². The standard InChI is InChI=1S/C10H8F3IN2O/c1-9(17,10(11,12)13)6-2-3-8-15-4-7(14)16(8)5-6/h2-5,17H,1H3. The topological polar surface area (TPSA) is 37.5 Å². The summed E-state index contributed by atoms with van der Waals surface area (Å²) in [6, 6.07) is 2.67. The van der Waals surface area contributed by atoms with Gasteiger partial charge in [-0.2, -0.15) is 13.2 Å². The Balaban J connectivity index is 2.60. The van der Waals surface area contributed by atoms with Crippen LogP contribution >= 0.6 is 22.6 Å². The third-order valence-corrected chi connectivity index (χ3v) is 3.37. The van der Waals surface area contributed by atoms with E-state index in [1.807, 2.05) is 22.6 Å². The molecule has 1 atom stereocenters. The smallest absolute Gasteiger partial charge is 0.376 e. The van der Waals surface area contributed by atoms with Crippen molar-refractivity contribution in [2.24, 2.45) is 0 Å². The third-order valence-electron chi connectivity index (χ3n) is 2.57. The first-order valence-corrected chi connectivity index (χ1v) is 5.73. The molecule has 0 aliphatic carbocycles. The average Bonchev–Trinajstić information content (AvgIpc) is 2.58. The second-order valence-corrected chi connectivity index (χ2v) is 4.90. The minimum absolute atomic E-state index is 0.214. The van der Waals surface area contributed by atoms with E-state index in [0.29, 0.717) is 9.35 Å². The second-order valence-electron chi connectivity index (χ2n) is 3.80. The molecule has 0 bridgehead atoms. The monoisotopic (exact) mass is 356 g/mol. The molecule has 2 aromatic heterocycles. The lowest BCUT2D eigenvalue weighted by molar-refractivity contribution is -0.259. The van der Waals surface area contributed by atoms with Crippen molar-refractivity contribution in [3.8, 4) is 0 Å². The second kappa shape index (κ2) is 3.84. The summed E-state index contributed by atoms with van der Waals surface area (Å²) in [5.41, 5.74) is -2.54. The molecule has 17 heavy (non-hydrogen) atoms. The molecular formula is C10H8F3IN2O. The molecule has 2 rings (SSSR count). The van der Waals surface area contributed by atoms with Gasteiger partial charge in [0.15, 0.2) is 5.60 Å². The first kappa shape index (κ1) is 12.6. The van der Waals surface area contributed by atoms with Gasteiger partial charge in [0.1, 0.15) is 9.35 Å². The largest absolute Gasteiger partial charge is 0.421 e. The SMILES string of the molecule is CC(O)(c1ccc2ncc(I)n2c1)C(F)(F)F. The maximum absolute atomic E-state index is 12.7. The zero-order valence-electron chi connectivity index (χ0n) is 8.66. The Morgan fingerprint density at radius 2 is 2.00 bits per heavy atom. The number of alkyl halides is 3. The number of hydrogen-bond donors (Lipinski definition) is 1. The lowest BCUT2D eigenvalue weighted by atomic mass is 9.97. The molecule has 1 N–H and O–H groups in total. The van der Waals surface area contributed by atoms with Gasteiger partial charge >= 0.3 is 6.18 Å². The predicted octanol–water partition coefficient (Wildman–Crippen LogP) is 2.71. The first-order chi connectivity index (χ1) is 7.73. The quantitative estimate of drug-likeness (QED) is 0.798. The molecule has 92 valence electrons. The molecule has 2 aromatic rings. The van der Waals surface area contributed by atoms with Crippen LogP contribution in [0.3, 0.4) is 0 Å². The Labute approximate surface area is 108 Å². The molecule has 0 aliphatic heterocycles. The minimum Gasteiger partial charge on any atom is -0.376 e. The summed E-state index contributed by atoms with van der Waals surface area (Å²) in [6.45, 7) is 0.734. The van der Waals surface area contributed by atoms with Crippen LogP contribution in [0, 0.1) is 3.70 Å². The van der Waals surface area contributed by atoms with Crippen LogP contribution in [0.5, 0.6) is 0 Å². The highest BCUT2D eigenvalue weighted by Crippen LogP contribution is 2.38. The summed E-state index contributed by atoms with van der Waals surface area (Å²) in [5.74, 6) is 0. The van der Waals surface area contributed by atoms with E-state index >= 15 is 0 Å². The average molecular weight is 356 g/mol. The number of halogens is 4. The number of fused-ring (bicyclic) bond motifs is 1. The number of aromatic nitrogens is 2. The van der Waals surface area contributed by atoms with E-state index in [0.717, 1.165) is 6.92 Å². The first-order valence-electron chi connectivity index (χ1n) is 4.65. The summed E-state index contributed by atoms with van der Waals surface area (Å²) >= 11 is 1.96. The number of nitrogens with zero attached hydrogens (tertiary/aromatic N) is 2. The molecule has 0 amide bonds. The number of aliphatic hydroxyl groups is 1. The Hall–Kier alpha value is -0.830. The van der Waals surface area contributed by atoms with Crippen molar-refractivity contribution in [1.82, 2.24) is 9.38 Å². The Kier molecular flexibility index (Phi) is 2.85. The van der Waals surface area contributed by atoms with Gasteiger partial charge in [0.05, 0.1) is 6.20 Å². The summed E-state index contributed by atoms with van der Waals surface area (Å²) in [5, 5.41) is 9.55. The van der Waals surface area contributed by atoms with E-state index in [2.05, 4.69) is 4.98 Å². The van der Waals surface area contributed by atoms with Crippen molar-refractivity contribution in [3.63, 3.8) is 0 Å². The fraction of sp³-hybridized carbons (Fsp3) is 0.300. The van der Waals surface area contributed by atoms with Crippen LogP contribution in [0.15, 0.2) is 24.5 Å². The highest BCUT2D eigenvalue weighted by Gasteiger charge is 2.51. The molecule has 0 aliphatic rings. The molecule has 0 spiro atoms. The molecule has 0 saturated heterocycles. The highest BCUT2D eigenvalue weighted by molar-refractivity contribution is 14.1. The molecule has 2 heterocycles. The van der Waals surface area contributed by atoms with Crippen LogP contribution in [0.4, 0.5) is 13.2 Å². The third kappa shape index (κ3) is 2.01. The van der Waals surface area contributed by atoms with Gasteiger partial charge in [-0.25, -0.2) is 4.98 Å². The van der Waals surface area contributed by atoms with Crippen molar-refractivity contribution in [1.29, 1.82) is 0 Å². The Morgan fingerprint density at radius 1 is 1.35 bits per heavy atom. The predicted molar refractivity (Wildman–Crippen MR) is 63.5 cm³/mol. The Bertz CT molecular complexity index is 562. The molecule has 0 saturated carbocycles. The fourth-order valence-electron chi connectivity index (χ4n) is 1.40. The number of hydrogen-bond acceptors (Lipinski definition) is 2. The summed E-state index contributed by atoms with van der Waals surface area (Å²) < 4.78 is 40.2. The van der Waals surface area contributed by atoms with Gasteiger partial charge in [0, 0.05) is 11.8 Å². The van der Waals surface area contributed by atoms with Crippen LogP contribution in [-0.2, 0) is 5.60 Å². The summed E-state index contributed by atoms with van der Waals surface area (Å²) in [4.78, 5) is 4.00. The molecule has 7 heteroatoms. The van der Waals surface area contributed by atoms with Crippen molar-refractivity contribution >= 4 is 28.2 Å². The van der Waals surface area contributed by atoms with Gasteiger partial charge in [-0.15, -0.1) is 0 Å². The summed E-state index contributed by atoms with van der Waals surface area (Å²) in [7, 11) is 0. The normalized spacial score (nSPS) is 16.1. The van der Waals surface area contributed by atoms with Crippen molar-refractivity contribution < 1.29 is 18.3 Å². The van der Waals surface area contributed by atoms with Crippen LogP contribution in [0.1, 0.15) is 12.5 Å². The number of rotatable bonds is 1. The minimum atomic E-state index is -4.72. The van der Waals surface area contributed by atoms with E-state index < -0.39 is 11.8 Å². The van der Waals surface area contributed by atoms with Crippen molar-refractivity contribution in [2.45, 2.75) is 18.7 Å². The van der Waals surface area contributed by atoms with Gasteiger partial charge in [0.25, 0.3) is 0 Å². The van der Waals surface area contributed by atoms with E-state index in [1.54, 1.807) is 6.20 Å². The van der Waals surface area contributed by atoms with Gasteiger partial charge in [-0.3, -0.25) is 4.40 Å². The maximum Gasteiger partial charge on any atom is 0.421 e.